The van der Waals surface area contributed by atoms with Gasteiger partial charge in [0.25, 0.3) is 0 Å². The fourth-order valence-corrected chi connectivity index (χ4v) is 4.83. The smallest absolute Gasteiger partial charge is 0.236 e. The highest BCUT2D eigenvalue weighted by Gasteiger charge is 2.39. The summed E-state index contributed by atoms with van der Waals surface area (Å²) in [6, 6.07) is 11.7. The molecule has 25 heavy (non-hydrogen) atoms. The van der Waals surface area contributed by atoms with Crippen molar-refractivity contribution in [1.82, 2.24) is 20.7 Å². The van der Waals surface area contributed by atoms with Gasteiger partial charge < -0.3 is 4.90 Å². The van der Waals surface area contributed by atoms with E-state index < -0.39 is 0 Å². The molecule has 1 saturated carbocycles. The van der Waals surface area contributed by atoms with Crippen LogP contribution in [0.25, 0.3) is 0 Å². The molecular weight excluding hydrogens is 312 g/mol. The number of amides is 1. The van der Waals surface area contributed by atoms with E-state index in [1.54, 1.807) is 0 Å². The maximum absolute atomic E-state index is 12.7. The fraction of sp³-hybridized carbons (Fsp3) is 0.650. The zero-order chi connectivity index (χ0) is 17.2. The van der Waals surface area contributed by atoms with Crippen LogP contribution < -0.4 is 10.9 Å². The molecule has 3 aliphatic rings. The van der Waals surface area contributed by atoms with E-state index in [2.05, 4.69) is 46.1 Å². The van der Waals surface area contributed by atoms with Gasteiger partial charge in [-0.05, 0) is 43.2 Å². The van der Waals surface area contributed by atoms with Crippen molar-refractivity contribution in [2.75, 3.05) is 33.2 Å². The zero-order valence-electron chi connectivity index (χ0n) is 15.2. The van der Waals surface area contributed by atoms with Gasteiger partial charge in [0, 0.05) is 32.2 Å². The topological polar surface area (TPSA) is 47.6 Å². The molecule has 0 aromatic heterocycles. The van der Waals surface area contributed by atoms with Crippen molar-refractivity contribution >= 4 is 5.91 Å². The molecule has 5 heteroatoms. The monoisotopic (exact) mass is 342 g/mol. The van der Waals surface area contributed by atoms with Crippen molar-refractivity contribution in [2.24, 2.45) is 5.92 Å². The first-order chi connectivity index (χ1) is 12.2. The average Bonchev–Trinajstić information content (AvgIpc) is 3.34. The van der Waals surface area contributed by atoms with Crippen molar-refractivity contribution in [3.8, 4) is 0 Å². The SMILES string of the molecule is CN(CC1NNC2CCCC21)C(=O)CN1CCC(c2ccccc2)C1. The lowest BCUT2D eigenvalue weighted by Crippen LogP contribution is -2.46. The molecule has 4 rings (SSSR count). The Morgan fingerprint density at radius 1 is 1.20 bits per heavy atom. The zero-order valence-corrected chi connectivity index (χ0v) is 15.2. The third kappa shape index (κ3) is 3.73. The second-order valence-corrected chi connectivity index (χ2v) is 8.00. The van der Waals surface area contributed by atoms with Crippen LogP contribution in [0.15, 0.2) is 30.3 Å². The van der Waals surface area contributed by atoms with Gasteiger partial charge in [-0.15, -0.1) is 0 Å². The van der Waals surface area contributed by atoms with Gasteiger partial charge in [-0.1, -0.05) is 36.8 Å². The van der Waals surface area contributed by atoms with E-state index in [9.17, 15) is 4.79 Å². The minimum absolute atomic E-state index is 0.247. The molecule has 0 radical (unpaired) electrons. The highest BCUT2D eigenvalue weighted by Crippen LogP contribution is 2.31. The number of hydrogen-bond donors (Lipinski definition) is 2. The Bertz CT molecular complexity index is 593. The molecule has 1 aliphatic carbocycles. The molecule has 2 aliphatic heterocycles. The number of hydrazine groups is 1. The first-order valence-corrected chi connectivity index (χ1v) is 9.73. The van der Waals surface area contributed by atoms with Gasteiger partial charge in [-0.2, -0.15) is 0 Å². The van der Waals surface area contributed by atoms with Crippen LogP contribution in [-0.4, -0.2) is 61.0 Å². The van der Waals surface area contributed by atoms with Crippen LogP contribution in [0.3, 0.4) is 0 Å². The molecule has 4 unspecified atom stereocenters. The van der Waals surface area contributed by atoms with Crippen molar-refractivity contribution in [1.29, 1.82) is 0 Å². The van der Waals surface area contributed by atoms with Crippen molar-refractivity contribution in [3.05, 3.63) is 35.9 Å². The maximum atomic E-state index is 12.7. The van der Waals surface area contributed by atoms with Gasteiger partial charge in [0.1, 0.15) is 0 Å². The number of rotatable bonds is 5. The van der Waals surface area contributed by atoms with Crippen molar-refractivity contribution in [2.45, 2.75) is 43.7 Å². The minimum atomic E-state index is 0.247. The molecule has 0 bridgehead atoms. The molecule has 3 fully saturated rings. The Balaban J connectivity index is 1.26. The summed E-state index contributed by atoms with van der Waals surface area (Å²) in [4.78, 5) is 16.9. The van der Waals surface area contributed by atoms with Crippen LogP contribution in [0.5, 0.6) is 0 Å². The van der Waals surface area contributed by atoms with Crippen LogP contribution in [-0.2, 0) is 4.79 Å². The standard InChI is InChI=1S/C20H30N4O/c1-23(13-19-17-8-5-9-18(17)21-22-19)20(25)14-24-11-10-16(12-24)15-6-3-2-4-7-15/h2-4,6-7,16-19,21-22H,5,8-14H2,1H3. The molecule has 4 atom stereocenters. The molecule has 0 spiro atoms. The summed E-state index contributed by atoms with van der Waals surface area (Å²) in [5.74, 6) is 1.50. The van der Waals surface area contributed by atoms with Gasteiger partial charge in [0.2, 0.25) is 5.91 Å². The van der Waals surface area contributed by atoms with Crippen LogP contribution in [0.1, 0.15) is 37.2 Å². The number of hydrogen-bond acceptors (Lipinski definition) is 4. The van der Waals surface area contributed by atoms with Crippen molar-refractivity contribution < 1.29 is 4.79 Å². The lowest BCUT2D eigenvalue weighted by Gasteiger charge is -2.26. The molecule has 1 aromatic rings. The van der Waals surface area contributed by atoms with Crippen LogP contribution in [0.4, 0.5) is 0 Å². The number of carbonyl (C=O) groups excluding carboxylic acids is 1. The van der Waals surface area contributed by atoms with Crippen LogP contribution >= 0.6 is 0 Å². The molecule has 2 saturated heterocycles. The van der Waals surface area contributed by atoms with Gasteiger partial charge >= 0.3 is 0 Å². The summed E-state index contributed by atoms with van der Waals surface area (Å²) in [5.41, 5.74) is 8.22. The highest BCUT2D eigenvalue weighted by molar-refractivity contribution is 5.78. The van der Waals surface area contributed by atoms with Gasteiger partial charge in [-0.3, -0.25) is 20.5 Å². The number of likely N-dealkylation sites (N-methyl/N-ethyl adjacent to an activating group) is 1. The number of nitrogens with zero attached hydrogens (tertiary/aromatic N) is 2. The molecule has 2 N–H and O–H groups in total. The summed E-state index contributed by atoms with van der Waals surface area (Å²) in [5, 5.41) is 0. The normalized spacial score (nSPS) is 32.0. The number of likely N-dealkylation sites (tertiary alicyclic amines) is 1. The first-order valence-electron chi connectivity index (χ1n) is 9.73. The minimum Gasteiger partial charge on any atom is -0.343 e. The largest absolute Gasteiger partial charge is 0.343 e. The predicted molar refractivity (Wildman–Crippen MR) is 99.1 cm³/mol. The predicted octanol–water partition coefficient (Wildman–Crippen LogP) is 1.58. The Kier molecular flexibility index (Phi) is 5.06. The van der Waals surface area contributed by atoms with E-state index in [0.29, 0.717) is 30.5 Å². The van der Waals surface area contributed by atoms with Gasteiger partial charge in [0.15, 0.2) is 0 Å². The molecule has 2 heterocycles. The Morgan fingerprint density at radius 2 is 2.04 bits per heavy atom. The van der Waals surface area contributed by atoms with E-state index in [1.165, 1.54) is 24.8 Å². The summed E-state index contributed by atoms with van der Waals surface area (Å²) >= 11 is 0. The van der Waals surface area contributed by atoms with E-state index in [1.807, 2.05) is 11.9 Å². The third-order valence-electron chi connectivity index (χ3n) is 6.34. The number of nitrogens with one attached hydrogen (secondary N) is 2. The molecule has 1 aromatic carbocycles. The summed E-state index contributed by atoms with van der Waals surface area (Å²) < 4.78 is 0. The maximum Gasteiger partial charge on any atom is 0.236 e. The summed E-state index contributed by atoms with van der Waals surface area (Å²) in [6.07, 6.45) is 5.01. The molecular formula is C20H30N4O. The molecule has 136 valence electrons. The lowest BCUT2D eigenvalue weighted by molar-refractivity contribution is -0.131. The van der Waals surface area contributed by atoms with Gasteiger partial charge in [-0.25, -0.2) is 0 Å². The van der Waals surface area contributed by atoms with Crippen LogP contribution in [0.2, 0.25) is 0 Å². The Morgan fingerprint density at radius 3 is 2.88 bits per heavy atom. The van der Waals surface area contributed by atoms with E-state index >= 15 is 0 Å². The number of benzene rings is 1. The fourth-order valence-electron chi connectivity index (χ4n) is 4.83. The number of fused-ring (bicyclic) bond motifs is 1. The van der Waals surface area contributed by atoms with E-state index in [-0.39, 0.29) is 5.91 Å². The van der Waals surface area contributed by atoms with E-state index in [0.717, 1.165) is 26.1 Å². The first kappa shape index (κ1) is 17.0. The summed E-state index contributed by atoms with van der Waals surface area (Å²) in [7, 11) is 1.96. The summed E-state index contributed by atoms with van der Waals surface area (Å²) in [6.45, 7) is 3.38. The van der Waals surface area contributed by atoms with Crippen molar-refractivity contribution in [3.63, 3.8) is 0 Å². The van der Waals surface area contributed by atoms with Gasteiger partial charge in [0.05, 0.1) is 6.54 Å². The lowest BCUT2D eigenvalue weighted by atomic mass is 9.97. The Hall–Kier alpha value is -1.43. The molecule has 1 amide bonds. The second-order valence-electron chi connectivity index (χ2n) is 8.00. The van der Waals surface area contributed by atoms with E-state index in [4.69, 9.17) is 0 Å². The highest BCUT2D eigenvalue weighted by atomic mass is 16.2. The third-order valence-corrected chi connectivity index (χ3v) is 6.34. The average molecular weight is 342 g/mol. The Labute approximate surface area is 150 Å². The number of carbonyl (C=O) groups is 1. The molecule has 5 nitrogen and oxygen atoms in total. The quantitative estimate of drug-likeness (QED) is 0.853. The van der Waals surface area contributed by atoms with Crippen LogP contribution in [0, 0.1) is 5.92 Å². The second kappa shape index (κ2) is 7.44.